The van der Waals surface area contributed by atoms with Crippen LogP contribution in [0.5, 0.6) is 0 Å². The first kappa shape index (κ1) is 14.9. The fourth-order valence-corrected chi connectivity index (χ4v) is 5.28. The van der Waals surface area contributed by atoms with Crippen LogP contribution in [0.15, 0.2) is 47.4 Å². The van der Waals surface area contributed by atoms with Gasteiger partial charge in [0.15, 0.2) is 0 Å². The monoisotopic (exact) mass is 321 g/mol. The number of sulfonamides is 1. The van der Waals surface area contributed by atoms with Crippen molar-refractivity contribution in [1.82, 2.24) is 4.72 Å². The van der Waals surface area contributed by atoms with Gasteiger partial charge in [-0.2, -0.15) is 11.8 Å². The first-order valence-corrected chi connectivity index (χ1v) is 9.90. The van der Waals surface area contributed by atoms with Crippen molar-refractivity contribution in [2.75, 3.05) is 6.26 Å². The van der Waals surface area contributed by atoms with Crippen LogP contribution >= 0.6 is 11.8 Å². The summed E-state index contributed by atoms with van der Waals surface area (Å²) >= 11 is 1.83. The molecule has 0 heterocycles. The molecule has 5 heteroatoms. The molecule has 1 N–H and O–H groups in total. The first-order chi connectivity index (χ1) is 10.1. The standard InChI is InChI=1S/C16H19NO2S2/c1-20-14-10-9-13(11-14)17-21(18,19)16-8-4-6-12-5-2-3-7-15(12)16/h2-8,13-14,17H,9-11H2,1H3. The molecule has 1 fully saturated rings. The normalized spacial score (nSPS) is 22.7. The van der Waals surface area contributed by atoms with Gasteiger partial charge in [0.1, 0.15) is 0 Å². The lowest BCUT2D eigenvalue weighted by Crippen LogP contribution is -2.33. The summed E-state index contributed by atoms with van der Waals surface area (Å²) in [6.07, 6.45) is 5.02. The van der Waals surface area contributed by atoms with Crippen LogP contribution in [0.1, 0.15) is 19.3 Å². The van der Waals surface area contributed by atoms with Gasteiger partial charge in [-0.15, -0.1) is 0 Å². The largest absolute Gasteiger partial charge is 0.241 e. The highest BCUT2D eigenvalue weighted by Crippen LogP contribution is 2.30. The predicted molar refractivity (Wildman–Crippen MR) is 89.2 cm³/mol. The highest BCUT2D eigenvalue weighted by atomic mass is 32.2. The second kappa shape index (κ2) is 5.99. The molecular formula is C16H19NO2S2. The summed E-state index contributed by atoms with van der Waals surface area (Å²) in [5.41, 5.74) is 0. The number of hydrogen-bond acceptors (Lipinski definition) is 3. The fourth-order valence-electron chi connectivity index (χ4n) is 2.97. The van der Waals surface area contributed by atoms with E-state index in [0.717, 1.165) is 30.0 Å². The highest BCUT2D eigenvalue weighted by molar-refractivity contribution is 7.99. The van der Waals surface area contributed by atoms with Crippen LogP contribution in [0.3, 0.4) is 0 Å². The number of benzene rings is 2. The predicted octanol–water partition coefficient (Wildman–Crippen LogP) is 3.40. The zero-order valence-electron chi connectivity index (χ0n) is 12.0. The van der Waals surface area contributed by atoms with E-state index in [1.807, 2.05) is 42.1 Å². The summed E-state index contributed by atoms with van der Waals surface area (Å²) in [6.45, 7) is 0. The molecule has 0 radical (unpaired) electrons. The lowest BCUT2D eigenvalue weighted by molar-refractivity contribution is 0.553. The van der Waals surface area contributed by atoms with Gasteiger partial charge in [0, 0.05) is 16.7 Å². The Morgan fingerprint density at radius 3 is 2.62 bits per heavy atom. The van der Waals surface area contributed by atoms with Gasteiger partial charge in [-0.25, -0.2) is 13.1 Å². The van der Waals surface area contributed by atoms with Crippen molar-refractivity contribution >= 4 is 32.6 Å². The van der Waals surface area contributed by atoms with Crippen LogP contribution in [0.4, 0.5) is 0 Å². The summed E-state index contributed by atoms with van der Waals surface area (Å²) in [5, 5.41) is 2.31. The summed E-state index contributed by atoms with van der Waals surface area (Å²) in [5.74, 6) is 0. The van der Waals surface area contributed by atoms with E-state index in [1.165, 1.54) is 0 Å². The fraction of sp³-hybridized carbons (Fsp3) is 0.375. The van der Waals surface area contributed by atoms with Gasteiger partial charge >= 0.3 is 0 Å². The van der Waals surface area contributed by atoms with Crippen LogP contribution in [-0.4, -0.2) is 26.0 Å². The van der Waals surface area contributed by atoms with Crippen LogP contribution < -0.4 is 4.72 Å². The molecule has 0 aliphatic heterocycles. The van der Waals surface area contributed by atoms with E-state index < -0.39 is 10.0 Å². The summed E-state index contributed by atoms with van der Waals surface area (Å²) in [7, 11) is -3.46. The lowest BCUT2D eigenvalue weighted by atomic mass is 10.1. The van der Waals surface area contributed by atoms with E-state index >= 15 is 0 Å². The zero-order chi connectivity index (χ0) is 14.9. The SMILES string of the molecule is CSC1CCC(NS(=O)(=O)c2cccc3ccccc23)C1. The molecule has 0 spiro atoms. The smallest absolute Gasteiger partial charge is 0.208 e. The molecule has 0 bridgehead atoms. The summed E-state index contributed by atoms with van der Waals surface area (Å²) in [4.78, 5) is 0.383. The van der Waals surface area contributed by atoms with Crippen LogP contribution in [0.2, 0.25) is 0 Å². The Hall–Kier alpha value is -1.04. The maximum atomic E-state index is 12.7. The maximum Gasteiger partial charge on any atom is 0.241 e. The molecule has 2 atom stereocenters. The van der Waals surface area contributed by atoms with Crippen LogP contribution in [-0.2, 0) is 10.0 Å². The van der Waals surface area contributed by atoms with E-state index in [2.05, 4.69) is 11.0 Å². The molecule has 1 aliphatic rings. The van der Waals surface area contributed by atoms with Crippen molar-refractivity contribution in [2.45, 2.75) is 35.4 Å². The lowest BCUT2D eigenvalue weighted by Gasteiger charge is -2.14. The van der Waals surface area contributed by atoms with E-state index in [-0.39, 0.29) is 6.04 Å². The molecule has 3 nitrogen and oxygen atoms in total. The number of hydrogen-bond donors (Lipinski definition) is 1. The Labute approximate surface area is 130 Å². The Balaban J connectivity index is 1.90. The first-order valence-electron chi connectivity index (χ1n) is 7.13. The Morgan fingerprint density at radius 2 is 1.86 bits per heavy atom. The molecule has 2 aromatic carbocycles. The van der Waals surface area contributed by atoms with Crippen molar-refractivity contribution in [3.8, 4) is 0 Å². The van der Waals surface area contributed by atoms with Gasteiger partial charge in [0.25, 0.3) is 0 Å². The average molecular weight is 321 g/mol. The second-order valence-electron chi connectivity index (χ2n) is 5.47. The number of nitrogens with one attached hydrogen (secondary N) is 1. The molecule has 112 valence electrons. The molecule has 1 aliphatic carbocycles. The van der Waals surface area contributed by atoms with Crippen molar-refractivity contribution < 1.29 is 8.42 Å². The molecule has 0 saturated heterocycles. The highest BCUT2D eigenvalue weighted by Gasteiger charge is 2.28. The third-order valence-corrected chi connectivity index (χ3v) is 6.75. The van der Waals surface area contributed by atoms with E-state index in [0.29, 0.717) is 10.1 Å². The van der Waals surface area contributed by atoms with E-state index in [9.17, 15) is 8.42 Å². The number of thioether (sulfide) groups is 1. The Morgan fingerprint density at radius 1 is 1.10 bits per heavy atom. The molecule has 1 saturated carbocycles. The van der Waals surface area contributed by atoms with Gasteiger partial charge in [-0.3, -0.25) is 0 Å². The quantitative estimate of drug-likeness (QED) is 0.939. The van der Waals surface area contributed by atoms with Crippen molar-refractivity contribution in [3.63, 3.8) is 0 Å². The van der Waals surface area contributed by atoms with Gasteiger partial charge in [0.2, 0.25) is 10.0 Å². The second-order valence-corrected chi connectivity index (χ2v) is 8.29. The summed E-state index contributed by atoms with van der Waals surface area (Å²) in [6, 6.07) is 13.1. The van der Waals surface area contributed by atoms with Crippen LogP contribution in [0, 0.1) is 0 Å². The van der Waals surface area contributed by atoms with Gasteiger partial charge in [-0.05, 0) is 37.0 Å². The van der Waals surface area contributed by atoms with Crippen molar-refractivity contribution in [3.05, 3.63) is 42.5 Å². The molecule has 0 aromatic heterocycles. The third kappa shape index (κ3) is 3.10. The van der Waals surface area contributed by atoms with Gasteiger partial charge < -0.3 is 0 Å². The molecule has 0 amide bonds. The Kier molecular flexibility index (Phi) is 4.24. The van der Waals surface area contributed by atoms with Gasteiger partial charge in [0.05, 0.1) is 4.90 Å². The Bertz CT molecular complexity index is 738. The minimum atomic E-state index is -3.46. The molecule has 21 heavy (non-hydrogen) atoms. The van der Waals surface area contributed by atoms with E-state index in [1.54, 1.807) is 12.1 Å². The molecule has 2 aromatic rings. The zero-order valence-corrected chi connectivity index (χ0v) is 13.6. The summed E-state index contributed by atoms with van der Waals surface area (Å²) < 4.78 is 28.2. The van der Waals surface area contributed by atoms with Crippen LogP contribution in [0.25, 0.3) is 10.8 Å². The molecule has 3 rings (SSSR count). The third-order valence-electron chi connectivity index (χ3n) is 4.08. The average Bonchev–Trinajstić information content (AvgIpc) is 2.93. The molecular weight excluding hydrogens is 302 g/mol. The van der Waals surface area contributed by atoms with E-state index in [4.69, 9.17) is 0 Å². The van der Waals surface area contributed by atoms with Crippen molar-refractivity contribution in [2.24, 2.45) is 0 Å². The minimum absolute atomic E-state index is 0.0615. The minimum Gasteiger partial charge on any atom is -0.208 e. The molecule has 2 unspecified atom stereocenters. The number of rotatable bonds is 4. The maximum absolute atomic E-state index is 12.7. The van der Waals surface area contributed by atoms with Crippen molar-refractivity contribution in [1.29, 1.82) is 0 Å². The topological polar surface area (TPSA) is 46.2 Å². The number of fused-ring (bicyclic) bond motifs is 1. The van der Waals surface area contributed by atoms with Gasteiger partial charge in [-0.1, -0.05) is 36.4 Å².